The Morgan fingerprint density at radius 2 is 1.59 bits per heavy atom. The van der Waals surface area contributed by atoms with E-state index in [1.807, 2.05) is 6.07 Å². The molecular weight excluding hydrogens is 559 g/mol. The molecule has 0 spiro atoms. The Morgan fingerprint density at radius 3 is 2.29 bits per heavy atom. The van der Waals surface area contributed by atoms with E-state index >= 15 is 0 Å². The largest absolute Gasteiger partial charge is 0.508 e. The smallest absolute Gasteiger partial charge is 0.453 e. The molecule has 2 fully saturated rings. The van der Waals surface area contributed by atoms with Crippen molar-refractivity contribution in [3.63, 3.8) is 0 Å². The number of carbonyl (C=O) groups is 1. The first-order chi connectivity index (χ1) is 19.4. The molecular formula is C32H45F5O3S. The zero-order chi connectivity index (χ0) is 29.8. The standard InChI is InChI=1S/C32H45F5O3S/c1-30-17-15-23-22-12-11-21(38)20-25(22)29(40)24(28(23)26(30)13-14-27(30)39)10-7-5-3-2-4-6-8-18-41-19-9-16-31(33,34)32(35,36)37/h11-12,20,23-24,26-28,38-39H,2-10,13-19H2,1H3. The van der Waals surface area contributed by atoms with Crippen molar-refractivity contribution in [3.05, 3.63) is 29.3 Å². The van der Waals surface area contributed by atoms with Crippen LogP contribution < -0.4 is 0 Å². The number of alkyl halides is 5. The molecule has 6 unspecified atom stereocenters. The topological polar surface area (TPSA) is 57.5 Å². The van der Waals surface area contributed by atoms with Crippen LogP contribution in [-0.4, -0.2) is 45.7 Å². The van der Waals surface area contributed by atoms with E-state index in [2.05, 4.69) is 6.92 Å². The van der Waals surface area contributed by atoms with Gasteiger partial charge < -0.3 is 10.2 Å². The number of benzene rings is 1. The highest BCUT2D eigenvalue weighted by Gasteiger charge is 2.58. The van der Waals surface area contributed by atoms with Crippen LogP contribution in [0.1, 0.15) is 119 Å². The van der Waals surface area contributed by atoms with Crippen LogP contribution in [0.4, 0.5) is 22.0 Å². The Labute approximate surface area is 245 Å². The Bertz CT molecular complexity index is 1030. The number of hydrogen-bond acceptors (Lipinski definition) is 4. The van der Waals surface area contributed by atoms with E-state index in [0.29, 0.717) is 23.2 Å². The van der Waals surface area contributed by atoms with Gasteiger partial charge in [0.2, 0.25) is 0 Å². The fraction of sp³-hybridized carbons (Fsp3) is 0.781. The number of aromatic hydroxyl groups is 1. The van der Waals surface area contributed by atoms with Crippen molar-refractivity contribution in [2.45, 2.75) is 121 Å². The lowest BCUT2D eigenvalue weighted by Gasteiger charge is -2.52. The first-order valence-electron chi connectivity index (χ1n) is 15.4. The molecule has 0 radical (unpaired) electrons. The number of rotatable bonds is 14. The van der Waals surface area contributed by atoms with Crippen molar-refractivity contribution < 1.29 is 37.0 Å². The summed E-state index contributed by atoms with van der Waals surface area (Å²) in [6, 6.07) is 5.28. The fourth-order valence-electron chi connectivity index (χ4n) is 7.96. The highest BCUT2D eigenvalue weighted by atomic mass is 32.2. The van der Waals surface area contributed by atoms with Crippen molar-refractivity contribution in [2.24, 2.45) is 23.2 Å². The lowest BCUT2D eigenvalue weighted by atomic mass is 9.51. The van der Waals surface area contributed by atoms with E-state index in [0.717, 1.165) is 88.4 Å². The zero-order valence-corrected chi connectivity index (χ0v) is 24.8. The van der Waals surface area contributed by atoms with Gasteiger partial charge in [-0.05, 0) is 97.3 Å². The fourth-order valence-corrected chi connectivity index (χ4v) is 8.92. The van der Waals surface area contributed by atoms with Gasteiger partial charge in [0.05, 0.1) is 6.10 Å². The Hall–Kier alpha value is -1.35. The molecule has 0 heterocycles. The second-order valence-corrected chi connectivity index (χ2v) is 14.1. The average molecular weight is 605 g/mol. The number of carbonyl (C=O) groups excluding carboxylic acids is 1. The second kappa shape index (κ2) is 13.5. The minimum atomic E-state index is -5.46. The molecule has 2 saturated carbocycles. The summed E-state index contributed by atoms with van der Waals surface area (Å²) in [5, 5.41) is 20.9. The van der Waals surface area contributed by atoms with Crippen LogP contribution in [0.2, 0.25) is 0 Å². The van der Waals surface area contributed by atoms with Gasteiger partial charge in [-0.1, -0.05) is 51.5 Å². The lowest BCUT2D eigenvalue weighted by Crippen LogP contribution is -2.49. The third-order valence-corrected chi connectivity index (χ3v) is 11.4. The normalized spacial score (nSPS) is 29.7. The lowest BCUT2D eigenvalue weighted by molar-refractivity contribution is -0.284. The predicted octanol–water partition coefficient (Wildman–Crippen LogP) is 9.31. The summed E-state index contributed by atoms with van der Waals surface area (Å²) in [6.07, 6.45) is 4.66. The Balaban J connectivity index is 1.17. The number of phenolic OH excluding ortho intramolecular Hbond substituents is 1. The number of aliphatic hydroxyl groups is 1. The first-order valence-corrected chi connectivity index (χ1v) is 16.6. The van der Waals surface area contributed by atoms with Gasteiger partial charge >= 0.3 is 12.1 Å². The maximum atomic E-state index is 13.8. The van der Waals surface area contributed by atoms with Gasteiger partial charge in [0.15, 0.2) is 5.78 Å². The summed E-state index contributed by atoms with van der Waals surface area (Å²) in [4.78, 5) is 13.8. The summed E-state index contributed by atoms with van der Waals surface area (Å²) in [5.41, 5.74) is 1.64. The van der Waals surface area contributed by atoms with E-state index in [1.165, 1.54) is 11.8 Å². The van der Waals surface area contributed by atoms with Crippen molar-refractivity contribution in [1.82, 2.24) is 0 Å². The Morgan fingerprint density at radius 1 is 0.927 bits per heavy atom. The van der Waals surface area contributed by atoms with Gasteiger partial charge in [0.25, 0.3) is 0 Å². The van der Waals surface area contributed by atoms with Gasteiger partial charge in [0.1, 0.15) is 5.75 Å². The molecule has 2 N–H and O–H groups in total. The van der Waals surface area contributed by atoms with Crippen LogP contribution in [-0.2, 0) is 0 Å². The van der Waals surface area contributed by atoms with Crippen molar-refractivity contribution in [1.29, 1.82) is 0 Å². The molecule has 41 heavy (non-hydrogen) atoms. The summed E-state index contributed by atoms with van der Waals surface area (Å²) < 4.78 is 62.4. The van der Waals surface area contributed by atoms with E-state index in [1.54, 1.807) is 12.1 Å². The molecule has 0 bridgehead atoms. The predicted molar refractivity (Wildman–Crippen MR) is 153 cm³/mol. The minimum Gasteiger partial charge on any atom is -0.508 e. The van der Waals surface area contributed by atoms with Crippen LogP contribution in [0, 0.1) is 23.2 Å². The Kier molecular flexibility index (Phi) is 10.7. The molecule has 9 heteroatoms. The van der Waals surface area contributed by atoms with Crippen molar-refractivity contribution >= 4 is 17.5 Å². The summed E-state index contributed by atoms with van der Waals surface area (Å²) in [6.45, 7) is 2.21. The van der Waals surface area contributed by atoms with Crippen LogP contribution in [0.5, 0.6) is 5.75 Å². The molecule has 3 aliphatic rings. The monoisotopic (exact) mass is 604 g/mol. The number of thioether (sulfide) groups is 1. The zero-order valence-electron chi connectivity index (χ0n) is 24.0. The first kappa shape index (κ1) is 32.6. The third kappa shape index (κ3) is 7.25. The number of ketones is 1. The quantitative estimate of drug-likeness (QED) is 0.164. The molecule has 0 aromatic heterocycles. The average Bonchev–Trinajstić information content (AvgIpc) is 3.21. The molecule has 4 rings (SSSR count). The number of Topliss-reactive ketones (excluding diaryl/α,β-unsaturated/α-hetero) is 1. The maximum Gasteiger partial charge on any atom is 0.453 e. The third-order valence-electron chi connectivity index (χ3n) is 10.3. The van der Waals surface area contributed by atoms with Crippen LogP contribution in [0.3, 0.4) is 0 Å². The SMILES string of the molecule is CC12CCC3c4ccc(O)cc4C(=O)C(CCCCCCCCCSCCCC(F)(F)C(F)(F)F)C3C1CCC2O. The number of hydrogen-bond donors (Lipinski definition) is 2. The van der Waals surface area contributed by atoms with E-state index < -0.39 is 18.5 Å². The molecule has 0 aliphatic heterocycles. The number of halogens is 5. The maximum absolute atomic E-state index is 13.8. The van der Waals surface area contributed by atoms with Crippen LogP contribution in [0.15, 0.2) is 18.2 Å². The van der Waals surface area contributed by atoms with Crippen molar-refractivity contribution in [2.75, 3.05) is 11.5 Å². The van der Waals surface area contributed by atoms with Gasteiger partial charge in [-0.15, -0.1) is 0 Å². The van der Waals surface area contributed by atoms with E-state index in [9.17, 15) is 37.0 Å². The van der Waals surface area contributed by atoms with Gasteiger partial charge in [-0.25, -0.2) is 0 Å². The minimum absolute atomic E-state index is 0.0719. The number of aliphatic hydroxyl groups excluding tert-OH is 1. The van der Waals surface area contributed by atoms with E-state index in [-0.39, 0.29) is 41.3 Å². The van der Waals surface area contributed by atoms with Gasteiger partial charge in [-0.2, -0.15) is 33.7 Å². The summed E-state index contributed by atoms with van der Waals surface area (Å²) in [7, 11) is 0. The number of fused-ring (bicyclic) bond motifs is 5. The van der Waals surface area contributed by atoms with E-state index in [4.69, 9.17) is 0 Å². The van der Waals surface area contributed by atoms with Gasteiger partial charge in [-0.3, -0.25) is 4.79 Å². The molecule has 3 aliphatic carbocycles. The molecule has 1 aromatic carbocycles. The highest BCUT2D eigenvalue weighted by Crippen LogP contribution is 2.62. The summed E-state index contributed by atoms with van der Waals surface area (Å²) >= 11 is 1.44. The summed E-state index contributed by atoms with van der Waals surface area (Å²) in [5.74, 6) is -2.41. The number of unbranched alkanes of at least 4 members (excludes halogenated alkanes) is 6. The van der Waals surface area contributed by atoms with Gasteiger partial charge in [0, 0.05) is 17.9 Å². The molecule has 3 nitrogen and oxygen atoms in total. The second-order valence-electron chi connectivity index (χ2n) is 12.9. The molecule has 0 amide bonds. The molecule has 1 aromatic rings. The molecule has 6 atom stereocenters. The molecule has 232 valence electrons. The van der Waals surface area contributed by atoms with Crippen LogP contribution in [0.25, 0.3) is 0 Å². The van der Waals surface area contributed by atoms with Crippen molar-refractivity contribution in [3.8, 4) is 5.75 Å². The highest BCUT2D eigenvalue weighted by molar-refractivity contribution is 7.99. The van der Waals surface area contributed by atoms with Crippen LogP contribution >= 0.6 is 11.8 Å². The number of phenols is 1. The molecule has 0 saturated heterocycles.